The maximum Gasteiger partial charge on any atom is 0.330 e. The molecule has 0 spiro atoms. The minimum absolute atomic E-state index is 0.00249. The van der Waals surface area contributed by atoms with Gasteiger partial charge in [0.2, 0.25) is 5.91 Å². The van der Waals surface area contributed by atoms with E-state index in [1.807, 2.05) is 21.6 Å². The number of piperazine rings is 1. The van der Waals surface area contributed by atoms with Gasteiger partial charge in [0.15, 0.2) is 5.65 Å². The molecule has 1 aliphatic heterocycles. The van der Waals surface area contributed by atoms with Gasteiger partial charge < -0.3 is 9.80 Å². The largest absolute Gasteiger partial charge is 0.368 e. The van der Waals surface area contributed by atoms with Crippen molar-refractivity contribution in [1.29, 1.82) is 0 Å². The van der Waals surface area contributed by atoms with Crippen LogP contribution < -0.4 is 10.6 Å². The molecule has 164 valence electrons. The topological polar surface area (TPSA) is 63.4 Å². The number of imidazole rings is 1. The summed E-state index contributed by atoms with van der Waals surface area (Å²) in [6.07, 6.45) is 0. The van der Waals surface area contributed by atoms with Crippen molar-refractivity contribution in [3.05, 3.63) is 46.9 Å². The van der Waals surface area contributed by atoms with Gasteiger partial charge in [0, 0.05) is 57.9 Å². The lowest BCUT2D eigenvalue weighted by atomic mass is 9.97. The molecule has 7 nitrogen and oxygen atoms in total. The van der Waals surface area contributed by atoms with Gasteiger partial charge in [-0.25, -0.2) is 9.78 Å². The Morgan fingerprint density at radius 1 is 1.00 bits per heavy atom. The lowest BCUT2D eigenvalue weighted by molar-refractivity contribution is -0.129. The number of aromatic nitrogens is 3. The summed E-state index contributed by atoms with van der Waals surface area (Å²) in [7, 11) is 1.78. The minimum atomic E-state index is -0.0328. The number of fused-ring (bicyclic) bond motifs is 1. The van der Waals surface area contributed by atoms with Crippen LogP contribution >= 0.6 is 0 Å². The Hall–Kier alpha value is -3.09. The Morgan fingerprint density at radius 2 is 1.65 bits per heavy atom. The summed E-state index contributed by atoms with van der Waals surface area (Å²) in [6, 6.07) is 12.3. The lowest BCUT2D eigenvalue weighted by Crippen LogP contribution is -2.48. The maximum atomic E-state index is 12.8. The number of carbonyl (C=O) groups is 1. The average Bonchev–Trinajstić information content (AvgIpc) is 2.97. The highest BCUT2D eigenvalue weighted by Crippen LogP contribution is 2.25. The molecule has 3 heterocycles. The normalized spacial score (nSPS) is 15.0. The number of hydrogen-bond donors (Lipinski definition) is 0. The molecule has 1 aliphatic rings. The smallest absolute Gasteiger partial charge is 0.330 e. The zero-order valence-corrected chi connectivity index (χ0v) is 19.1. The average molecular weight is 422 g/mol. The molecule has 0 N–H and O–H groups in total. The molecule has 0 atom stereocenters. The third kappa shape index (κ3) is 4.22. The molecule has 0 radical (unpaired) electrons. The van der Waals surface area contributed by atoms with Gasteiger partial charge >= 0.3 is 5.69 Å². The second-order valence-corrected chi connectivity index (χ2v) is 9.57. The number of pyridine rings is 1. The van der Waals surface area contributed by atoms with Crippen LogP contribution in [0.15, 0.2) is 41.2 Å². The Labute approximate surface area is 182 Å². The summed E-state index contributed by atoms with van der Waals surface area (Å²) in [6.45, 7) is 11.9. The number of hydrogen-bond acceptors (Lipinski definition) is 4. The fourth-order valence-corrected chi connectivity index (χ4v) is 4.18. The lowest BCUT2D eigenvalue weighted by Gasteiger charge is -2.35. The zero-order valence-electron chi connectivity index (χ0n) is 19.1. The first kappa shape index (κ1) is 21.2. The second-order valence-electron chi connectivity index (χ2n) is 9.57. The molecular formula is C24H31N5O2. The van der Waals surface area contributed by atoms with Crippen molar-refractivity contribution >= 4 is 22.8 Å². The number of anilines is 1. The number of carbonyl (C=O) groups excluding carboxylic acids is 1. The van der Waals surface area contributed by atoms with Crippen LogP contribution in [0.2, 0.25) is 0 Å². The molecule has 7 heteroatoms. The van der Waals surface area contributed by atoms with Crippen molar-refractivity contribution in [3.8, 4) is 11.3 Å². The summed E-state index contributed by atoms with van der Waals surface area (Å²) in [5.41, 5.74) is 4.56. The van der Waals surface area contributed by atoms with Gasteiger partial charge in [-0.15, -0.1) is 0 Å². The van der Waals surface area contributed by atoms with E-state index in [4.69, 9.17) is 4.98 Å². The quantitative estimate of drug-likeness (QED) is 0.652. The van der Waals surface area contributed by atoms with Crippen molar-refractivity contribution < 1.29 is 4.79 Å². The molecule has 3 aromatic rings. The first-order valence-electron chi connectivity index (χ1n) is 10.8. The van der Waals surface area contributed by atoms with Gasteiger partial charge in [0.05, 0.1) is 11.2 Å². The summed E-state index contributed by atoms with van der Waals surface area (Å²) in [5.74, 6) is 0.141. The van der Waals surface area contributed by atoms with Crippen molar-refractivity contribution in [2.75, 3.05) is 31.1 Å². The van der Waals surface area contributed by atoms with Gasteiger partial charge in [-0.05, 0) is 29.7 Å². The van der Waals surface area contributed by atoms with E-state index in [1.54, 1.807) is 18.5 Å². The van der Waals surface area contributed by atoms with E-state index in [2.05, 4.69) is 49.9 Å². The molecule has 4 rings (SSSR count). The van der Waals surface area contributed by atoms with E-state index in [-0.39, 0.29) is 17.0 Å². The number of benzene rings is 1. The van der Waals surface area contributed by atoms with E-state index < -0.39 is 0 Å². The van der Waals surface area contributed by atoms with Crippen LogP contribution in [-0.4, -0.2) is 51.1 Å². The summed E-state index contributed by atoms with van der Waals surface area (Å²) in [4.78, 5) is 33.3. The van der Waals surface area contributed by atoms with Crippen LogP contribution in [0.1, 0.15) is 27.7 Å². The number of nitrogens with zero attached hydrogens (tertiary/aromatic N) is 5. The van der Waals surface area contributed by atoms with Crippen molar-refractivity contribution in [2.45, 2.75) is 34.2 Å². The molecule has 2 aromatic heterocycles. The van der Waals surface area contributed by atoms with E-state index >= 15 is 0 Å². The fourth-order valence-electron chi connectivity index (χ4n) is 4.18. The highest BCUT2D eigenvalue weighted by molar-refractivity contribution is 5.77. The van der Waals surface area contributed by atoms with E-state index in [0.717, 1.165) is 48.6 Å². The third-order valence-corrected chi connectivity index (χ3v) is 5.87. The summed E-state index contributed by atoms with van der Waals surface area (Å²) < 4.78 is 3.45. The Kier molecular flexibility index (Phi) is 5.37. The molecule has 0 saturated carbocycles. The first-order valence-corrected chi connectivity index (χ1v) is 10.8. The molecule has 0 bridgehead atoms. The fraction of sp³-hybridized carbons (Fsp3) is 0.458. The second kappa shape index (κ2) is 7.87. The Morgan fingerprint density at radius 3 is 2.23 bits per heavy atom. The highest BCUT2D eigenvalue weighted by Gasteiger charge is 2.20. The van der Waals surface area contributed by atoms with E-state index in [9.17, 15) is 9.59 Å². The monoisotopic (exact) mass is 421 g/mol. The molecule has 1 aromatic carbocycles. The third-order valence-electron chi connectivity index (χ3n) is 5.87. The van der Waals surface area contributed by atoms with Gasteiger partial charge in [0.1, 0.15) is 0 Å². The molecular weight excluding hydrogens is 390 g/mol. The molecule has 31 heavy (non-hydrogen) atoms. The molecule has 1 saturated heterocycles. The van der Waals surface area contributed by atoms with E-state index in [0.29, 0.717) is 12.2 Å². The van der Waals surface area contributed by atoms with Crippen LogP contribution in [0.25, 0.3) is 22.4 Å². The highest BCUT2D eigenvalue weighted by atomic mass is 16.2. The van der Waals surface area contributed by atoms with Gasteiger partial charge in [0.25, 0.3) is 0 Å². The number of rotatable bonds is 3. The van der Waals surface area contributed by atoms with Crippen LogP contribution in [0.4, 0.5) is 5.69 Å². The van der Waals surface area contributed by atoms with E-state index in [1.165, 1.54) is 0 Å². The number of aryl methyl sites for hydroxylation is 1. The van der Waals surface area contributed by atoms with Crippen molar-refractivity contribution in [2.24, 2.45) is 12.5 Å². The Balaban J connectivity index is 1.59. The SMILES string of the molecule is CC(=O)N1CCN(c2ccc(-c3ccc4c(n3)n(C)c(=O)n4CC(C)(C)C)cc2)CC1. The first-order chi connectivity index (χ1) is 14.6. The molecule has 1 fully saturated rings. The predicted molar refractivity (Wildman–Crippen MR) is 124 cm³/mol. The molecule has 0 unspecified atom stereocenters. The zero-order chi connectivity index (χ0) is 22.3. The molecule has 1 amide bonds. The standard InChI is InChI=1S/C24H31N5O2/c1-17(30)27-12-14-28(15-13-27)19-8-6-18(7-9-19)20-10-11-21-22(25-20)26(5)23(31)29(21)16-24(2,3)4/h6-11H,12-16H2,1-5H3. The van der Waals surface area contributed by atoms with Crippen LogP contribution in [-0.2, 0) is 18.4 Å². The minimum Gasteiger partial charge on any atom is -0.368 e. The van der Waals surface area contributed by atoms with Gasteiger partial charge in [-0.1, -0.05) is 32.9 Å². The van der Waals surface area contributed by atoms with Crippen LogP contribution in [0.3, 0.4) is 0 Å². The predicted octanol–water partition coefficient (Wildman–Crippen LogP) is 3.12. The summed E-state index contributed by atoms with van der Waals surface area (Å²) >= 11 is 0. The van der Waals surface area contributed by atoms with Crippen molar-refractivity contribution in [3.63, 3.8) is 0 Å². The van der Waals surface area contributed by atoms with Crippen molar-refractivity contribution in [1.82, 2.24) is 19.0 Å². The van der Waals surface area contributed by atoms with Gasteiger partial charge in [-0.3, -0.25) is 13.9 Å². The molecule has 0 aliphatic carbocycles. The number of amides is 1. The summed E-state index contributed by atoms with van der Waals surface area (Å²) in [5, 5.41) is 0. The van der Waals surface area contributed by atoms with Crippen LogP contribution in [0.5, 0.6) is 0 Å². The Bertz CT molecular complexity index is 1160. The maximum absolute atomic E-state index is 12.8. The van der Waals surface area contributed by atoms with Crippen LogP contribution in [0, 0.1) is 5.41 Å². The van der Waals surface area contributed by atoms with Gasteiger partial charge in [-0.2, -0.15) is 0 Å².